The molecule has 8 rings (SSSR count). The number of anilines is 4. The fourth-order valence-electron chi connectivity index (χ4n) is 6.52. The first-order valence-corrected chi connectivity index (χ1v) is 14.9. The van der Waals surface area contributed by atoms with Crippen molar-refractivity contribution in [2.45, 2.75) is 32.2 Å². The van der Waals surface area contributed by atoms with Gasteiger partial charge in [-0.15, -0.1) is 0 Å². The molecule has 2 bridgehead atoms. The Kier molecular flexibility index (Phi) is 5.99. The average molecular weight is 577 g/mol. The van der Waals surface area contributed by atoms with E-state index in [0.717, 1.165) is 37.1 Å². The average Bonchev–Trinajstić information content (AvgIpc) is 3.74. The topological polar surface area (TPSA) is 102 Å². The number of hydrogen-bond acceptors (Lipinski definition) is 7. The lowest BCUT2D eigenvalue weighted by molar-refractivity contribution is -0.121. The van der Waals surface area contributed by atoms with Crippen molar-refractivity contribution in [3.63, 3.8) is 0 Å². The van der Waals surface area contributed by atoms with Gasteiger partial charge in [0.15, 0.2) is 12.3 Å². The van der Waals surface area contributed by atoms with Crippen molar-refractivity contribution in [2.24, 2.45) is 7.05 Å². The molecule has 6 heterocycles. The number of allylic oxidation sites excluding steroid dienone is 2. The van der Waals surface area contributed by atoms with E-state index < -0.39 is 0 Å². The van der Waals surface area contributed by atoms with Gasteiger partial charge in [0.25, 0.3) is 11.5 Å². The van der Waals surface area contributed by atoms with E-state index in [4.69, 9.17) is 9.72 Å². The van der Waals surface area contributed by atoms with Crippen LogP contribution in [0.4, 0.5) is 23.0 Å². The summed E-state index contributed by atoms with van der Waals surface area (Å²) in [6.45, 7) is 3.09. The number of rotatable bonds is 3. The molecule has 0 unspecified atom stereocenters. The zero-order valence-electron chi connectivity index (χ0n) is 24.0. The second kappa shape index (κ2) is 10.0. The summed E-state index contributed by atoms with van der Waals surface area (Å²) in [5, 5.41) is 5.07. The van der Waals surface area contributed by atoms with Crippen LogP contribution in [0.25, 0.3) is 27.6 Å². The molecule has 1 saturated heterocycles. The van der Waals surface area contributed by atoms with E-state index in [1.54, 1.807) is 15.8 Å². The van der Waals surface area contributed by atoms with Crippen LogP contribution in [0.3, 0.4) is 0 Å². The third-order valence-electron chi connectivity index (χ3n) is 8.69. The highest BCUT2D eigenvalue weighted by atomic mass is 16.5. The minimum atomic E-state index is -0.174. The van der Waals surface area contributed by atoms with Crippen LogP contribution in [0.15, 0.2) is 65.7 Å². The van der Waals surface area contributed by atoms with E-state index in [9.17, 15) is 9.59 Å². The van der Waals surface area contributed by atoms with E-state index in [-0.39, 0.29) is 18.1 Å². The number of nitrogens with zero attached hydrogens (tertiary/aromatic N) is 7. The maximum absolute atomic E-state index is 13.7. The molecule has 218 valence electrons. The standard InChI is InChI=1S/C32H32N8O3/c1-36-15-10-23-25(36)16-21(17-26(23)37-11-6-7-12-37)34-32-33-19-24-30(35-32)40-22-8-9-28-27(18-22)38(29(41)20-43-28)13-4-2-3-5-14-39(40)31(24)42/h3,5,8-10,15-19H,2,4,6-7,11-14,20H2,1H3,(H,33,34,35)/b5-3-. The van der Waals surface area contributed by atoms with Gasteiger partial charge in [0.1, 0.15) is 11.1 Å². The van der Waals surface area contributed by atoms with Crippen molar-refractivity contribution < 1.29 is 9.53 Å². The Hall–Kier alpha value is -5.06. The SMILES string of the molecule is Cn1ccc2c(N3CCCC3)cc(Nc3ncc4c(=O)n5n(c4n3)-c3ccc4c(c3)N(CCC/C=C\C5)C(=O)CO4)cc21. The highest BCUT2D eigenvalue weighted by Crippen LogP contribution is 2.36. The molecular formula is C32H32N8O3. The summed E-state index contributed by atoms with van der Waals surface area (Å²) in [5.41, 5.74) is 4.94. The Morgan fingerprint density at radius 3 is 2.70 bits per heavy atom. The summed E-state index contributed by atoms with van der Waals surface area (Å²) in [7, 11) is 2.05. The summed E-state index contributed by atoms with van der Waals surface area (Å²) in [6.07, 6.45) is 11.7. The molecule has 11 heteroatoms. The van der Waals surface area contributed by atoms with Crippen molar-refractivity contribution in [3.05, 3.63) is 71.3 Å². The quantitative estimate of drug-likeness (QED) is 0.316. The van der Waals surface area contributed by atoms with Gasteiger partial charge in [-0.05, 0) is 62.1 Å². The summed E-state index contributed by atoms with van der Waals surface area (Å²) in [5.74, 6) is 0.981. The lowest BCUT2D eigenvalue weighted by Gasteiger charge is -2.30. The van der Waals surface area contributed by atoms with Crippen molar-refractivity contribution in [3.8, 4) is 11.4 Å². The molecule has 3 aliphatic heterocycles. The minimum absolute atomic E-state index is 0.0234. The van der Waals surface area contributed by atoms with Gasteiger partial charge >= 0.3 is 0 Å². The van der Waals surface area contributed by atoms with E-state index in [1.165, 1.54) is 23.9 Å². The van der Waals surface area contributed by atoms with Crippen LogP contribution >= 0.6 is 0 Å². The van der Waals surface area contributed by atoms with E-state index >= 15 is 0 Å². The predicted molar refractivity (Wildman–Crippen MR) is 167 cm³/mol. The Morgan fingerprint density at radius 2 is 1.81 bits per heavy atom. The second-order valence-corrected chi connectivity index (χ2v) is 11.4. The van der Waals surface area contributed by atoms with Gasteiger partial charge in [0.05, 0.1) is 23.4 Å². The van der Waals surface area contributed by atoms with Crippen molar-refractivity contribution in [1.82, 2.24) is 23.9 Å². The van der Waals surface area contributed by atoms with Gasteiger partial charge in [0, 0.05) is 55.8 Å². The summed E-state index contributed by atoms with van der Waals surface area (Å²) < 4.78 is 11.4. The normalized spacial score (nSPS) is 17.5. The molecule has 0 radical (unpaired) electrons. The van der Waals surface area contributed by atoms with E-state index in [2.05, 4.69) is 57.3 Å². The third kappa shape index (κ3) is 4.26. The molecule has 3 aromatic heterocycles. The smallest absolute Gasteiger partial charge is 0.278 e. The Bertz CT molecular complexity index is 2000. The number of aryl methyl sites for hydroxylation is 1. The molecule has 3 aliphatic rings. The number of nitrogens with one attached hydrogen (secondary N) is 1. The number of aromatic nitrogens is 5. The molecule has 1 fully saturated rings. The predicted octanol–water partition coefficient (Wildman–Crippen LogP) is 4.49. The second-order valence-electron chi connectivity index (χ2n) is 11.4. The van der Waals surface area contributed by atoms with Gasteiger partial charge in [0.2, 0.25) is 5.95 Å². The van der Waals surface area contributed by atoms with E-state index in [0.29, 0.717) is 47.2 Å². The molecule has 11 nitrogen and oxygen atoms in total. The lowest BCUT2D eigenvalue weighted by atomic mass is 10.1. The van der Waals surface area contributed by atoms with Crippen LogP contribution in [0.5, 0.6) is 5.75 Å². The summed E-state index contributed by atoms with van der Waals surface area (Å²) in [4.78, 5) is 40.1. The maximum atomic E-state index is 13.7. The van der Waals surface area contributed by atoms with Crippen molar-refractivity contribution in [1.29, 1.82) is 0 Å². The van der Waals surface area contributed by atoms with Crippen LogP contribution in [0.1, 0.15) is 25.7 Å². The maximum Gasteiger partial charge on any atom is 0.278 e. The number of amides is 1. The van der Waals surface area contributed by atoms with Gasteiger partial charge in [-0.1, -0.05) is 12.2 Å². The molecule has 2 aromatic carbocycles. The number of carbonyl (C=O) groups is 1. The monoisotopic (exact) mass is 576 g/mol. The number of ether oxygens (including phenoxy) is 1. The van der Waals surface area contributed by atoms with Crippen LogP contribution in [-0.4, -0.2) is 56.0 Å². The Balaban J connectivity index is 1.26. The number of fused-ring (bicyclic) bond motifs is 6. The third-order valence-corrected chi connectivity index (χ3v) is 8.69. The summed E-state index contributed by atoms with van der Waals surface area (Å²) >= 11 is 0. The van der Waals surface area contributed by atoms with Gasteiger partial charge in [-0.3, -0.25) is 9.59 Å². The lowest BCUT2D eigenvalue weighted by Crippen LogP contribution is -2.39. The fourth-order valence-corrected chi connectivity index (χ4v) is 6.52. The molecule has 1 N–H and O–H groups in total. The van der Waals surface area contributed by atoms with Crippen LogP contribution in [-0.2, 0) is 18.4 Å². The largest absolute Gasteiger partial charge is 0.482 e. The van der Waals surface area contributed by atoms with Gasteiger partial charge in [-0.25, -0.2) is 14.3 Å². The highest BCUT2D eigenvalue weighted by Gasteiger charge is 2.27. The van der Waals surface area contributed by atoms with Gasteiger partial charge < -0.3 is 24.4 Å². The molecule has 5 aromatic rings. The zero-order valence-corrected chi connectivity index (χ0v) is 24.0. The molecule has 43 heavy (non-hydrogen) atoms. The van der Waals surface area contributed by atoms with Gasteiger partial charge in [-0.2, -0.15) is 4.98 Å². The van der Waals surface area contributed by atoms with Crippen LogP contribution in [0.2, 0.25) is 0 Å². The van der Waals surface area contributed by atoms with Crippen LogP contribution in [0, 0.1) is 0 Å². The number of carbonyl (C=O) groups excluding carboxylic acids is 1. The number of benzene rings is 2. The Labute approximate surface area is 247 Å². The molecule has 0 aliphatic carbocycles. The van der Waals surface area contributed by atoms with Crippen molar-refractivity contribution in [2.75, 3.05) is 41.4 Å². The molecular weight excluding hydrogens is 544 g/mol. The first-order valence-electron chi connectivity index (χ1n) is 14.9. The Morgan fingerprint density at radius 1 is 0.930 bits per heavy atom. The number of hydrogen-bond donors (Lipinski definition) is 1. The van der Waals surface area contributed by atoms with Crippen LogP contribution < -0.4 is 25.4 Å². The molecule has 0 saturated carbocycles. The van der Waals surface area contributed by atoms with E-state index in [1.807, 2.05) is 29.0 Å². The first-order chi connectivity index (χ1) is 21.0. The highest BCUT2D eigenvalue weighted by molar-refractivity contribution is 5.98. The van der Waals surface area contributed by atoms with Crippen molar-refractivity contribution >= 4 is 50.9 Å². The first kappa shape index (κ1) is 25.6. The zero-order chi connectivity index (χ0) is 29.1. The molecule has 1 amide bonds. The minimum Gasteiger partial charge on any atom is -0.482 e. The molecule has 0 atom stereocenters. The fraction of sp³-hybridized carbons (Fsp3) is 0.312. The summed E-state index contributed by atoms with van der Waals surface area (Å²) in [6, 6.07) is 12.1. The molecule has 0 spiro atoms.